The number of pyridine rings is 1. The molecule has 148 valence electrons. The van der Waals surface area contributed by atoms with Gasteiger partial charge >= 0.3 is 0 Å². The second-order valence-corrected chi connectivity index (χ2v) is 7.40. The summed E-state index contributed by atoms with van der Waals surface area (Å²) in [7, 11) is -2.02. The highest BCUT2D eigenvalue weighted by atomic mass is 127. The number of aliphatic imine (C=N–C) groups is 1. The van der Waals surface area contributed by atoms with Crippen molar-refractivity contribution in [3.05, 3.63) is 59.7 Å². The SMILES string of the molecule is CN=C(NCCS(=O)(=O)Nc1ccc(C)c(F)c1)NCc1ccccn1.I. The van der Waals surface area contributed by atoms with Crippen molar-refractivity contribution in [2.24, 2.45) is 4.99 Å². The molecule has 0 aliphatic heterocycles. The maximum Gasteiger partial charge on any atom is 0.234 e. The number of guanidine groups is 1. The van der Waals surface area contributed by atoms with E-state index in [2.05, 4.69) is 25.3 Å². The highest BCUT2D eigenvalue weighted by Gasteiger charge is 2.12. The summed E-state index contributed by atoms with van der Waals surface area (Å²) in [6, 6.07) is 9.79. The van der Waals surface area contributed by atoms with Crippen molar-refractivity contribution in [1.82, 2.24) is 15.6 Å². The Kier molecular flexibility index (Phi) is 9.43. The monoisotopic (exact) mass is 507 g/mol. The fourth-order valence-corrected chi connectivity index (χ4v) is 3.05. The average Bonchev–Trinajstić information content (AvgIpc) is 2.61. The number of nitrogens with one attached hydrogen (secondary N) is 3. The lowest BCUT2D eigenvalue weighted by Crippen LogP contribution is -2.39. The van der Waals surface area contributed by atoms with Crippen LogP contribution < -0.4 is 15.4 Å². The van der Waals surface area contributed by atoms with E-state index < -0.39 is 15.8 Å². The molecule has 2 aromatic rings. The molecule has 0 saturated heterocycles. The second-order valence-electron chi connectivity index (χ2n) is 5.56. The van der Waals surface area contributed by atoms with Gasteiger partial charge in [-0.25, -0.2) is 12.8 Å². The summed E-state index contributed by atoms with van der Waals surface area (Å²) >= 11 is 0. The number of benzene rings is 1. The molecule has 0 atom stereocenters. The molecular formula is C17H23FIN5O2S. The molecule has 0 amide bonds. The van der Waals surface area contributed by atoms with Crippen molar-refractivity contribution in [2.75, 3.05) is 24.1 Å². The van der Waals surface area contributed by atoms with Crippen molar-refractivity contribution in [3.63, 3.8) is 0 Å². The van der Waals surface area contributed by atoms with Crippen LogP contribution in [0.1, 0.15) is 11.3 Å². The van der Waals surface area contributed by atoms with Gasteiger partial charge in [-0.2, -0.15) is 0 Å². The van der Waals surface area contributed by atoms with Crippen LogP contribution in [0.25, 0.3) is 0 Å². The number of halogens is 2. The molecule has 0 bridgehead atoms. The molecule has 0 saturated carbocycles. The van der Waals surface area contributed by atoms with Gasteiger partial charge in [0.05, 0.1) is 23.7 Å². The lowest BCUT2D eigenvalue weighted by molar-refractivity contribution is 0.599. The molecule has 1 aromatic carbocycles. The number of aryl methyl sites for hydroxylation is 1. The number of nitrogens with zero attached hydrogens (tertiary/aromatic N) is 2. The normalized spacial score (nSPS) is 11.4. The van der Waals surface area contributed by atoms with Crippen LogP contribution in [-0.2, 0) is 16.6 Å². The fraction of sp³-hybridized carbons (Fsp3) is 0.294. The van der Waals surface area contributed by atoms with E-state index in [9.17, 15) is 12.8 Å². The third-order valence-electron chi connectivity index (χ3n) is 3.50. The molecule has 27 heavy (non-hydrogen) atoms. The standard InChI is InChI=1S/C17H22FN5O2S.HI/c1-13-6-7-14(11-16(13)18)23-26(24,25)10-9-21-17(19-2)22-12-15-5-3-4-8-20-15;/h3-8,11,23H,9-10,12H2,1-2H3,(H2,19,21,22);1H. The Hall–Kier alpha value is -1.95. The fourth-order valence-electron chi connectivity index (χ4n) is 2.09. The lowest BCUT2D eigenvalue weighted by Gasteiger charge is -2.13. The molecule has 1 heterocycles. The van der Waals surface area contributed by atoms with Crippen LogP contribution in [0, 0.1) is 12.7 Å². The summed E-state index contributed by atoms with van der Waals surface area (Å²) in [6.45, 7) is 2.22. The van der Waals surface area contributed by atoms with Gasteiger partial charge in [-0.3, -0.25) is 14.7 Å². The molecule has 1 aromatic heterocycles. The first-order chi connectivity index (χ1) is 12.4. The van der Waals surface area contributed by atoms with Crippen molar-refractivity contribution >= 4 is 45.6 Å². The molecule has 3 N–H and O–H groups in total. The third-order valence-corrected chi connectivity index (χ3v) is 4.78. The molecule has 0 aliphatic rings. The number of anilines is 1. The van der Waals surface area contributed by atoms with Crippen LogP contribution in [0.2, 0.25) is 0 Å². The molecule has 2 rings (SSSR count). The van der Waals surface area contributed by atoms with Gasteiger partial charge in [0, 0.05) is 19.8 Å². The van der Waals surface area contributed by atoms with Crippen molar-refractivity contribution in [2.45, 2.75) is 13.5 Å². The zero-order valence-corrected chi connectivity index (χ0v) is 18.2. The summed E-state index contributed by atoms with van der Waals surface area (Å²) in [4.78, 5) is 8.21. The van der Waals surface area contributed by atoms with E-state index in [1.807, 2.05) is 18.2 Å². The van der Waals surface area contributed by atoms with Gasteiger partial charge in [-0.15, -0.1) is 24.0 Å². The molecule has 0 unspecified atom stereocenters. The first kappa shape index (κ1) is 23.1. The van der Waals surface area contributed by atoms with Gasteiger partial charge in [-0.1, -0.05) is 12.1 Å². The van der Waals surface area contributed by atoms with E-state index in [0.29, 0.717) is 18.1 Å². The van der Waals surface area contributed by atoms with Gasteiger partial charge in [-0.05, 0) is 36.8 Å². The van der Waals surface area contributed by atoms with E-state index in [0.717, 1.165) is 11.8 Å². The number of sulfonamides is 1. The Labute approximate surface area is 176 Å². The first-order valence-electron chi connectivity index (χ1n) is 8.01. The van der Waals surface area contributed by atoms with Crippen LogP contribution >= 0.6 is 24.0 Å². The lowest BCUT2D eigenvalue weighted by atomic mass is 10.2. The van der Waals surface area contributed by atoms with E-state index >= 15 is 0 Å². The van der Waals surface area contributed by atoms with Gasteiger partial charge in [0.15, 0.2) is 5.96 Å². The average molecular weight is 507 g/mol. The zero-order chi connectivity index (χ0) is 19.0. The molecular weight excluding hydrogens is 484 g/mol. The maximum atomic E-state index is 13.5. The van der Waals surface area contributed by atoms with E-state index in [1.165, 1.54) is 12.1 Å². The number of rotatable bonds is 7. The van der Waals surface area contributed by atoms with Crippen LogP contribution in [0.4, 0.5) is 10.1 Å². The van der Waals surface area contributed by atoms with E-state index in [4.69, 9.17) is 0 Å². The van der Waals surface area contributed by atoms with Gasteiger partial charge < -0.3 is 10.6 Å². The van der Waals surface area contributed by atoms with Crippen molar-refractivity contribution in [1.29, 1.82) is 0 Å². The van der Waals surface area contributed by atoms with Crippen molar-refractivity contribution in [3.8, 4) is 0 Å². The minimum Gasteiger partial charge on any atom is -0.355 e. The highest BCUT2D eigenvalue weighted by Crippen LogP contribution is 2.14. The minimum absolute atomic E-state index is 0. The van der Waals surface area contributed by atoms with Gasteiger partial charge in [0.25, 0.3) is 0 Å². The topological polar surface area (TPSA) is 95.5 Å². The summed E-state index contributed by atoms with van der Waals surface area (Å²) in [6.07, 6.45) is 1.69. The number of aromatic nitrogens is 1. The van der Waals surface area contributed by atoms with Crippen LogP contribution in [0.3, 0.4) is 0 Å². The molecule has 0 fully saturated rings. The largest absolute Gasteiger partial charge is 0.355 e. The van der Waals surface area contributed by atoms with E-state index in [-0.39, 0.29) is 42.0 Å². The summed E-state index contributed by atoms with van der Waals surface area (Å²) < 4.78 is 40.1. The molecule has 0 radical (unpaired) electrons. The Morgan fingerprint density at radius 1 is 1.22 bits per heavy atom. The summed E-state index contributed by atoms with van der Waals surface area (Å²) in [5.74, 6) is -0.179. The van der Waals surface area contributed by atoms with Crippen LogP contribution in [0.5, 0.6) is 0 Å². The number of hydrogen-bond donors (Lipinski definition) is 3. The maximum absolute atomic E-state index is 13.5. The Balaban J connectivity index is 0.00000364. The first-order valence-corrected chi connectivity index (χ1v) is 9.66. The molecule has 0 spiro atoms. The van der Waals surface area contributed by atoms with Gasteiger partial charge in [0.2, 0.25) is 10.0 Å². The van der Waals surface area contributed by atoms with Crippen LogP contribution in [-0.4, -0.2) is 38.7 Å². The Morgan fingerprint density at radius 2 is 2.00 bits per heavy atom. The predicted octanol–water partition coefficient (Wildman–Crippen LogP) is 2.25. The zero-order valence-electron chi connectivity index (χ0n) is 15.1. The molecule has 0 aliphatic carbocycles. The molecule has 7 nitrogen and oxygen atoms in total. The van der Waals surface area contributed by atoms with Crippen molar-refractivity contribution < 1.29 is 12.8 Å². The smallest absolute Gasteiger partial charge is 0.234 e. The minimum atomic E-state index is -3.61. The predicted molar refractivity (Wildman–Crippen MR) is 116 cm³/mol. The third kappa shape index (κ3) is 8.08. The van der Waals surface area contributed by atoms with Crippen LogP contribution in [0.15, 0.2) is 47.6 Å². The summed E-state index contributed by atoms with van der Waals surface area (Å²) in [5, 5.41) is 5.97. The second kappa shape index (κ2) is 11.0. The highest BCUT2D eigenvalue weighted by molar-refractivity contribution is 14.0. The Morgan fingerprint density at radius 3 is 2.63 bits per heavy atom. The van der Waals surface area contributed by atoms with E-state index in [1.54, 1.807) is 20.2 Å². The molecule has 10 heteroatoms. The van der Waals surface area contributed by atoms with Gasteiger partial charge in [0.1, 0.15) is 5.82 Å². The Bertz CT molecular complexity index is 863. The quantitative estimate of drug-likeness (QED) is 0.304. The number of hydrogen-bond acceptors (Lipinski definition) is 4. The summed E-state index contributed by atoms with van der Waals surface area (Å²) in [5.41, 5.74) is 1.49.